The number of allylic oxidation sites excluding steroid dienone is 10. The van der Waals surface area contributed by atoms with Crippen molar-refractivity contribution in [2.45, 2.75) is 341 Å². The van der Waals surface area contributed by atoms with E-state index in [0.29, 0.717) is 19.3 Å². The fourth-order valence-electron chi connectivity index (χ4n) is 9.44. The van der Waals surface area contributed by atoms with E-state index in [0.717, 1.165) is 96.3 Å². The Balaban J connectivity index is 4.13. The first-order chi connectivity index (χ1) is 36.5. The Morgan fingerprint density at radius 2 is 0.554 bits per heavy atom. The summed E-state index contributed by atoms with van der Waals surface area (Å²) in [5.74, 6) is -0.864. The molecule has 0 radical (unpaired) electrons. The van der Waals surface area contributed by atoms with Crippen molar-refractivity contribution in [1.29, 1.82) is 0 Å². The average Bonchev–Trinajstić information content (AvgIpc) is 3.40. The van der Waals surface area contributed by atoms with Crippen molar-refractivity contribution in [1.82, 2.24) is 0 Å². The second-order valence-electron chi connectivity index (χ2n) is 21.6. The molecule has 6 heteroatoms. The summed E-state index contributed by atoms with van der Waals surface area (Å²) in [5.41, 5.74) is 0. The van der Waals surface area contributed by atoms with Crippen LogP contribution in [0, 0.1) is 0 Å². The first-order valence-electron chi connectivity index (χ1n) is 32.3. The van der Waals surface area contributed by atoms with Crippen LogP contribution in [-0.4, -0.2) is 37.2 Å². The Hall–Kier alpha value is -2.89. The Labute approximate surface area is 460 Å². The number of carbonyl (C=O) groups excluding carboxylic acids is 3. The van der Waals surface area contributed by atoms with Crippen LogP contribution in [0.1, 0.15) is 335 Å². The number of esters is 3. The fraction of sp³-hybridized carbons (Fsp3) is 0.809. The Bertz CT molecular complexity index is 1330. The molecule has 0 aromatic heterocycles. The summed E-state index contributed by atoms with van der Waals surface area (Å²) < 4.78 is 16.9. The molecule has 0 saturated heterocycles. The quantitative estimate of drug-likeness (QED) is 0.0261. The van der Waals surface area contributed by atoms with Crippen LogP contribution in [0.4, 0.5) is 0 Å². The SMILES string of the molecule is CC/C=C\C/C=C\C/C=C\C/C=C\CCCCCCCCCCCCCCCCCCC(=O)OCC(COC(=O)CCCCCCC/C=C\CCC)OC(=O)CCCCCCCCCCCCCCCCCCC. The molecule has 0 aliphatic carbocycles. The lowest BCUT2D eigenvalue weighted by Gasteiger charge is -2.18. The van der Waals surface area contributed by atoms with Gasteiger partial charge >= 0.3 is 17.9 Å². The van der Waals surface area contributed by atoms with Crippen molar-refractivity contribution in [2.24, 2.45) is 0 Å². The summed E-state index contributed by atoms with van der Waals surface area (Å²) in [5, 5.41) is 0. The Morgan fingerprint density at radius 1 is 0.284 bits per heavy atom. The lowest BCUT2D eigenvalue weighted by Crippen LogP contribution is -2.30. The van der Waals surface area contributed by atoms with Gasteiger partial charge in [0.25, 0.3) is 0 Å². The van der Waals surface area contributed by atoms with E-state index < -0.39 is 6.10 Å². The molecule has 1 unspecified atom stereocenters. The highest BCUT2D eigenvalue weighted by atomic mass is 16.6. The molecule has 6 nitrogen and oxygen atoms in total. The molecule has 0 saturated carbocycles. The maximum atomic E-state index is 12.9. The number of unbranched alkanes of at least 4 members (excludes halogenated alkanes) is 38. The molecule has 0 N–H and O–H groups in total. The van der Waals surface area contributed by atoms with Crippen LogP contribution in [0.15, 0.2) is 60.8 Å². The van der Waals surface area contributed by atoms with Crippen LogP contribution in [-0.2, 0) is 28.6 Å². The third-order valence-electron chi connectivity index (χ3n) is 14.2. The topological polar surface area (TPSA) is 78.9 Å². The Kier molecular flexibility index (Phi) is 60.2. The maximum absolute atomic E-state index is 12.9. The van der Waals surface area contributed by atoms with E-state index in [4.69, 9.17) is 14.2 Å². The molecule has 0 aliphatic heterocycles. The summed E-state index contributed by atoms with van der Waals surface area (Å²) in [6.45, 7) is 6.51. The molecule has 74 heavy (non-hydrogen) atoms. The zero-order valence-corrected chi connectivity index (χ0v) is 49.4. The van der Waals surface area contributed by atoms with Crippen molar-refractivity contribution in [3.05, 3.63) is 60.8 Å². The first-order valence-corrected chi connectivity index (χ1v) is 32.3. The molecule has 0 amide bonds. The van der Waals surface area contributed by atoms with Crippen LogP contribution in [0.2, 0.25) is 0 Å². The van der Waals surface area contributed by atoms with E-state index in [-0.39, 0.29) is 31.1 Å². The minimum Gasteiger partial charge on any atom is -0.462 e. The number of rotatable bonds is 59. The van der Waals surface area contributed by atoms with Gasteiger partial charge in [-0.2, -0.15) is 0 Å². The van der Waals surface area contributed by atoms with Crippen molar-refractivity contribution in [3.8, 4) is 0 Å². The van der Waals surface area contributed by atoms with E-state index in [1.54, 1.807) is 0 Å². The minimum absolute atomic E-state index is 0.0721. The largest absolute Gasteiger partial charge is 0.462 e. The van der Waals surface area contributed by atoms with E-state index in [1.807, 2.05) is 0 Å². The van der Waals surface area contributed by atoms with Gasteiger partial charge in [0.2, 0.25) is 0 Å². The number of ether oxygens (including phenoxy) is 3. The molecule has 0 fully saturated rings. The summed E-state index contributed by atoms with van der Waals surface area (Å²) in [7, 11) is 0. The lowest BCUT2D eigenvalue weighted by atomic mass is 10.0. The van der Waals surface area contributed by atoms with Crippen LogP contribution in [0.3, 0.4) is 0 Å². The average molecular weight is 1040 g/mol. The highest BCUT2D eigenvalue weighted by Crippen LogP contribution is 2.18. The maximum Gasteiger partial charge on any atom is 0.306 e. The van der Waals surface area contributed by atoms with E-state index >= 15 is 0 Å². The van der Waals surface area contributed by atoms with Crippen LogP contribution >= 0.6 is 0 Å². The minimum atomic E-state index is -0.773. The third kappa shape index (κ3) is 60.0. The predicted octanol–water partition coefficient (Wildman–Crippen LogP) is 21.9. The summed E-state index contributed by atoms with van der Waals surface area (Å²) in [6.07, 6.45) is 79.6. The predicted molar refractivity (Wildman–Crippen MR) is 321 cm³/mol. The summed E-state index contributed by atoms with van der Waals surface area (Å²) in [6, 6.07) is 0. The Morgan fingerprint density at radius 3 is 0.892 bits per heavy atom. The normalized spacial score (nSPS) is 12.4. The molecular formula is C68H122O6. The van der Waals surface area contributed by atoms with Gasteiger partial charge in [-0.05, 0) is 77.0 Å². The summed E-state index contributed by atoms with van der Waals surface area (Å²) in [4.78, 5) is 38.2. The number of carbonyl (C=O) groups is 3. The fourth-order valence-corrected chi connectivity index (χ4v) is 9.44. The van der Waals surface area contributed by atoms with E-state index in [2.05, 4.69) is 81.5 Å². The molecule has 0 spiro atoms. The van der Waals surface area contributed by atoms with Gasteiger partial charge in [-0.1, -0.05) is 300 Å². The summed E-state index contributed by atoms with van der Waals surface area (Å²) >= 11 is 0. The molecule has 0 aliphatic rings. The van der Waals surface area contributed by atoms with Gasteiger partial charge in [0.05, 0.1) is 0 Å². The standard InChI is InChI=1S/C68H122O6/c1-4-7-10-13-16-19-22-24-26-28-29-30-31-32-33-34-35-36-37-38-39-41-42-44-46-49-52-55-58-61-67(70)73-64-65(63-72-66(69)60-57-54-51-48-21-18-15-12-9-6-3)74-68(71)62-59-56-53-50-47-45-43-40-27-25-23-20-17-14-11-8-5-2/h7,10,12,15-16,19,24,26,29-30,65H,4-6,8-9,11,13-14,17-18,20-23,25,27-28,31-64H2,1-3H3/b10-7-,15-12-,19-16-,26-24-,30-29-. The molecule has 0 bridgehead atoms. The van der Waals surface area contributed by atoms with Gasteiger partial charge in [0, 0.05) is 19.3 Å². The van der Waals surface area contributed by atoms with Gasteiger partial charge in [0.1, 0.15) is 13.2 Å². The zero-order valence-electron chi connectivity index (χ0n) is 49.4. The monoisotopic (exact) mass is 1030 g/mol. The van der Waals surface area contributed by atoms with E-state index in [1.165, 1.54) is 199 Å². The smallest absolute Gasteiger partial charge is 0.306 e. The highest BCUT2D eigenvalue weighted by Gasteiger charge is 2.19. The molecule has 430 valence electrons. The molecule has 0 aromatic carbocycles. The van der Waals surface area contributed by atoms with Gasteiger partial charge in [-0.15, -0.1) is 0 Å². The molecule has 0 heterocycles. The molecule has 0 rings (SSSR count). The molecular weight excluding hydrogens is 913 g/mol. The highest BCUT2D eigenvalue weighted by molar-refractivity contribution is 5.71. The van der Waals surface area contributed by atoms with Crippen molar-refractivity contribution in [3.63, 3.8) is 0 Å². The van der Waals surface area contributed by atoms with Gasteiger partial charge in [0.15, 0.2) is 6.10 Å². The van der Waals surface area contributed by atoms with Crippen LogP contribution in [0.25, 0.3) is 0 Å². The van der Waals surface area contributed by atoms with Crippen molar-refractivity contribution >= 4 is 17.9 Å². The van der Waals surface area contributed by atoms with Crippen molar-refractivity contribution in [2.75, 3.05) is 13.2 Å². The molecule has 1 atom stereocenters. The van der Waals surface area contributed by atoms with Gasteiger partial charge in [-0.3, -0.25) is 14.4 Å². The number of hydrogen-bond donors (Lipinski definition) is 0. The zero-order chi connectivity index (χ0) is 53.6. The third-order valence-corrected chi connectivity index (χ3v) is 14.2. The second kappa shape index (κ2) is 62.6. The van der Waals surface area contributed by atoms with Crippen LogP contribution in [0.5, 0.6) is 0 Å². The second-order valence-corrected chi connectivity index (χ2v) is 21.6. The number of hydrogen-bond acceptors (Lipinski definition) is 6. The molecule has 0 aromatic rings. The van der Waals surface area contributed by atoms with Crippen LogP contribution < -0.4 is 0 Å². The van der Waals surface area contributed by atoms with Gasteiger partial charge in [-0.25, -0.2) is 0 Å². The van der Waals surface area contributed by atoms with Gasteiger partial charge < -0.3 is 14.2 Å². The first kappa shape index (κ1) is 71.1. The lowest BCUT2D eigenvalue weighted by molar-refractivity contribution is -0.167. The van der Waals surface area contributed by atoms with Crippen molar-refractivity contribution < 1.29 is 28.6 Å². The van der Waals surface area contributed by atoms with E-state index in [9.17, 15) is 14.4 Å².